The molecule has 0 radical (unpaired) electrons. The number of hydrogen-bond donors (Lipinski definition) is 1. The molecule has 20 heavy (non-hydrogen) atoms. The van der Waals surface area contributed by atoms with Gasteiger partial charge in [0.25, 0.3) is 0 Å². The third-order valence-electron chi connectivity index (χ3n) is 4.98. The molecule has 1 N–H and O–H groups in total. The van der Waals surface area contributed by atoms with Crippen molar-refractivity contribution in [3.05, 3.63) is 11.9 Å². The Balaban J connectivity index is 2.42. The Morgan fingerprint density at radius 2 is 2.10 bits per heavy atom. The lowest BCUT2D eigenvalue weighted by atomic mass is 9.74. The highest BCUT2D eigenvalue weighted by Crippen LogP contribution is 2.51. The summed E-state index contributed by atoms with van der Waals surface area (Å²) >= 11 is 0. The van der Waals surface area contributed by atoms with Crippen molar-refractivity contribution in [2.24, 2.45) is 5.41 Å². The molecule has 1 aliphatic rings. The van der Waals surface area contributed by atoms with Crippen molar-refractivity contribution in [1.82, 2.24) is 15.1 Å². The molecular weight excluding hydrogens is 250 g/mol. The van der Waals surface area contributed by atoms with Crippen LogP contribution in [0.1, 0.15) is 64.1 Å². The van der Waals surface area contributed by atoms with Gasteiger partial charge in [0.15, 0.2) is 5.75 Å². The molecule has 1 aliphatic carbocycles. The van der Waals surface area contributed by atoms with Crippen LogP contribution in [0.3, 0.4) is 0 Å². The molecule has 1 heterocycles. The molecule has 1 unspecified atom stereocenters. The maximum atomic E-state index is 5.58. The zero-order chi connectivity index (χ0) is 14.6. The lowest BCUT2D eigenvalue weighted by Gasteiger charge is -2.37. The van der Waals surface area contributed by atoms with E-state index < -0.39 is 0 Å². The van der Waals surface area contributed by atoms with Crippen molar-refractivity contribution in [3.8, 4) is 5.75 Å². The van der Waals surface area contributed by atoms with Crippen LogP contribution in [0, 0.1) is 5.41 Å². The molecule has 1 aromatic heterocycles. The average molecular weight is 279 g/mol. The summed E-state index contributed by atoms with van der Waals surface area (Å²) in [5.41, 5.74) is 1.59. The minimum absolute atomic E-state index is 0.332. The van der Waals surface area contributed by atoms with E-state index in [-0.39, 0.29) is 0 Å². The fourth-order valence-electron chi connectivity index (χ4n) is 3.87. The number of methoxy groups -OCH3 is 1. The summed E-state index contributed by atoms with van der Waals surface area (Å²) in [5.74, 6) is 0.928. The lowest BCUT2D eigenvalue weighted by molar-refractivity contribution is 0.182. The van der Waals surface area contributed by atoms with Gasteiger partial charge in [-0.2, -0.15) is 5.10 Å². The van der Waals surface area contributed by atoms with Gasteiger partial charge in [-0.1, -0.05) is 26.7 Å². The third kappa shape index (κ3) is 2.58. The lowest BCUT2D eigenvalue weighted by Crippen LogP contribution is -2.36. The molecular formula is C16H29N3O. The minimum atomic E-state index is 0.332. The van der Waals surface area contributed by atoms with Crippen LogP contribution in [0.5, 0.6) is 5.75 Å². The summed E-state index contributed by atoms with van der Waals surface area (Å²) in [6.07, 6.45) is 9.46. The van der Waals surface area contributed by atoms with Crippen LogP contribution in [0.25, 0.3) is 0 Å². The van der Waals surface area contributed by atoms with Gasteiger partial charge in [0.2, 0.25) is 0 Å². The molecule has 2 rings (SSSR count). The van der Waals surface area contributed by atoms with Gasteiger partial charge in [0.05, 0.1) is 25.0 Å². The monoisotopic (exact) mass is 279 g/mol. The van der Waals surface area contributed by atoms with E-state index in [0.717, 1.165) is 18.7 Å². The summed E-state index contributed by atoms with van der Waals surface area (Å²) < 4.78 is 7.72. The molecule has 0 saturated heterocycles. The van der Waals surface area contributed by atoms with Crippen LogP contribution >= 0.6 is 0 Å². The molecule has 0 amide bonds. The largest absolute Gasteiger partial charge is 0.493 e. The van der Waals surface area contributed by atoms with Crippen LogP contribution in [0.2, 0.25) is 0 Å². The van der Waals surface area contributed by atoms with E-state index >= 15 is 0 Å². The van der Waals surface area contributed by atoms with E-state index in [9.17, 15) is 0 Å². The molecule has 0 bridgehead atoms. The van der Waals surface area contributed by atoms with Gasteiger partial charge in [0.1, 0.15) is 0 Å². The Bertz CT molecular complexity index is 421. The second kappa shape index (κ2) is 6.61. The van der Waals surface area contributed by atoms with Crippen molar-refractivity contribution in [3.63, 3.8) is 0 Å². The van der Waals surface area contributed by atoms with Crippen LogP contribution in [-0.4, -0.2) is 23.9 Å². The molecule has 1 saturated carbocycles. The first-order valence-corrected chi connectivity index (χ1v) is 7.99. The SMILES string of the molecule is CCCn1ncc(OC)c1C(NC)C1(CC)CCCC1. The van der Waals surface area contributed by atoms with Crippen molar-refractivity contribution in [2.45, 2.75) is 65.0 Å². The summed E-state index contributed by atoms with van der Waals surface area (Å²) in [6.45, 7) is 5.47. The van der Waals surface area contributed by atoms with E-state index in [1.54, 1.807) is 7.11 Å². The van der Waals surface area contributed by atoms with E-state index in [1.165, 1.54) is 37.8 Å². The molecule has 1 aromatic rings. The molecule has 1 atom stereocenters. The van der Waals surface area contributed by atoms with E-state index in [2.05, 4.69) is 36.0 Å². The number of aromatic nitrogens is 2. The first-order valence-electron chi connectivity index (χ1n) is 7.99. The van der Waals surface area contributed by atoms with Gasteiger partial charge < -0.3 is 10.1 Å². The second-order valence-electron chi connectivity index (χ2n) is 5.97. The number of aryl methyl sites for hydroxylation is 1. The zero-order valence-electron chi connectivity index (χ0n) is 13.4. The highest BCUT2D eigenvalue weighted by atomic mass is 16.5. The molecule has 4 heteroatoms. The predicted octanol–water partition coefficient (Wildman–Crippen LogP) is 3.53. The fraction of sp³-hybridized carbons (Fsp3) is 0.812. The Kier molecular flexibility index (Phi) is 5.08. The predicted molar refractivity (Wildman–Crippen MR) is 82.1 cm³/mol. The van der Waals surface area contributed by atoms with Crippen molar-refractivity contribution in [2.75, 3.05) is 14.2 Å². The number of nitrogens with zero attached hydrogens (tertiary/aromatic N) is 2. The highest BCUT2D eigenvalue weighted by molar-refractivity contribution is 5.30. The summed E-state index contributed by atoms with van der Waals surface area (Å²) in [6, 6.07) is 0.332. The maximum absolute atomic E-state index is 5.58. The third-order valence-corrected chi connectivity index (χ3v) is 4.98. The Morgan fingerprint density at radius 3 is 2.60 bits per heavy atom. The summed E-state index contributed by atoms with van der Waals surface area (Å²) in [5, 5.41) is 8.10. The standard InChI is InChI=1S/C16H29N3O/c1-5-11-19-14(13(20-4)12-18-19)15(17-3)16(6-2)9-7-8-10-16/h12,15,17H,5-11H2,1-4H3. The number of ether oxygens (including phenoxy) is 1. The molecule has 1 fully saturated rings. The van der Waals surface area contributed by atoms with Gasteiger partial charge >= 0.3 is 0 Å². The van der Waals surface area contributed by atoms with Crippen LogP contribution in [0.4, 0.5) is 0 Å². The second-order valence-corrected chi connectivity index (χ2v) is 5.97. The normalized spacial score (nSPS) is 19.2. The van der Waals surface area contributed by atoms with Gasteiger partial charge in [-0.25, -0.2) is 0 Å². The maximum Gasteiger partial charge on any atom is 0.161 e. The van der Waals surface area contributed by atoms with Gasteiger partial charge in [-0.3, -0.25) is 4.68 Å². The van der Waals surface area contributed by atoms with Gasteiger partial charge in [-0.05, 0) is 38.1 Å². The van der Waals surface area contributed by atoms with Crippen LogP contribution in [-0.2, 0) is 6.54 Å². The molecule has 114 valence electrons. The van der Waals surface area contributed by atoms with Gasteiger partial charge in [0, 0.05) is 6.54 Å². The number of nitrogens with one attached hydrogen (secondary N) is 1. The first-order chi connectivity index (χ1) is 9.72. The quantitative estimate of drug-likeness (QED) is 0.830. The average Bonchev–Trinajstić information content (AvgIpc) is 3.09. The van der Waals surface area contributed by atoms with Crippen LogP contribution < -0.4 is 10.1 Å². The molecule has 4 nitrogen and oxygen atoms in total. The van der Waals surface area contributed by atoms with E-state index in [0.29, 0.717) is 11.5 Å². The molecule has 0 aromatic carbocycles. The number of rotatable bonds is 7. The van der Waals surface area contributed by atoms with Crippen molar-refractivity contribution in [1.29, 1.82) is 0 Å². The Hall–Kier alpha value is -1.03. The Morgan fingerprint density at radius 1 is 1.40 bits per heavy atom. The van der Waals surface area contributed by atoms with Crippen molar-refractivity contribution < 1.29 is 4.74 Å². The van der Waals surface area contributed by atoms with Crippen LogP contribution in [0.15, 0.2) is 6.20 Å². The molecule has 0 aliphatic heterocycles. The number of hydrogen-bond acceptors (Lipinski definition) is 3. The zero-order valence-corrected chi connectivity index (χ0v) is 13.4. The van der Waals surface area contributed by atoms with Gasteiger partial charge in [-0.15, -0.1) is 0 Å². The summed E-state index contributed by atoms with van der Waals surface area (Å²) in [7, 11) is 3.82. The van der Waals surface area contributed by atoms with E-state index in [1.807, 2.05) is 6.20 Å². The first kappa shape index (κ1) is 15.4. The minimum Gasteiger partial charge on any atom is -0.493 e. The summed E-state index contributed by atoms with van der Waals surface area (Å²) in [4.78, 5) is 0. The van der Waals surface area contributed by atoms with Crippen molar-refractivity contribution >= 4 is 0 Å². The molecule has 0 spiro atoms. The smallest absolute Gasteiger partial charge is 0.161 e. The van der Waals surface area contributed by atoms with E-state index in [4.69, 9.17) is 4.74 Å². The highest BCUT2D eigenvalue weighted by Gasteiger charge is 2.42. The fourth-order valence-corrected chi connectivity index (χ4v) is 3.87. The Labute approximate surface area is 122 Å². The topological polar surface area (TPSA) is 39.1 Å².